The fourth-order valence-corrected chi connectivity index (χ4v) is 2.66. The SMILES string of the molecule is NC(=O)CC(N)C(=O)NC(CCCN=C(N)N)C(=O)NC(CC(=O)O)C(=O)NC(CC(=O)O)C(=O)O. The van der Waals surface area contributed by atoms with Crippen LogP contribution in [0.15, 0.2) is 4.99 Å². The molecule has 18 nitrogen and oxygen atoms in total. The van der Waals surface area contributed by atoms with Gasteiger partial charge in [-0.15, -0.1) is 0 Å². The molecular formula is C18H30N8O10. The van der Waals surface area contributed by atoms with Crippen LogP contribution in [0.4, 0.5) is 0 Å². The maximum atomic E-state index is 12.8. The molecule has 0 saturated carbocycles. The van der Waals surface area contributed by atoms with Gasteiger partial charge in [0, 0.05) is 6.54 Å². The van der Waals surface area contributed by atoms with Gasteiger partial charge in [-0.05, 0) is 12.8 Å². The molecule has 0 heterocycles. The number of aliphatic carboxylic acids is 3. The molecule has 0 aromatic carbocycles. The Kier molecular flexibility index (Phi) is 13.5. The number of nitrogens with zero attached hydrogens (tertiary/aromatic N) is 1. The maximum absolute atomic E-state index is 12.8. The molecule has 0 rings (SSSR count). The van der Waals surface area contributed by atoms with Gasteiger partial charge in [0.25, 0.3) is 0 Å². The Balaban J connectivity index is 5.67. The molecule has 202 valence electrons. The van der Waals surface area contributed by atoms with Crippen molar-refractivity contribution in [3.63, 3.8) is 0 Å². The van der Waals surface area contributed by atoms with Crippen LogP contribution in [0.1, 0.15) is 32.1 Å². The number of primary amides is 1. The van der Waals surface area contributed by atoms with Crippen molar-refractivity contribution in [1.82, 2.24) is 16.0 Å². The van der Waals surface area contributed by atoms with Gasteiger partial charge < -0.3 is 54.2 Å². The van der Waals surface area contributed by atoms with Gasteiger partial charge in [0.15, 0.2) is 5.96 Å². The molecule has 0 saturated heterocycles. The van der Waals surface area contributed by atoms with Gasteiger partial charge in [0.1, 0.15) is 18.1 Å². The molecule has 0 aromatic heterocycles. The number of carboxylic acid groups (broad SMARTS) is 3. The number of carbonyl (C=O) groups excluding carboxylic acids is 4. The molecule has 4 amide bonds. The van der Waals surface area contributed by atoms with Gasteiger partial charge in [-0.3, -0.25) is 33.8 Å². The molecule has 0 aliphatic rings. The van der Waals surface area contributed by atoms with Crippen molar-refractivity contribution in [2.24, 2.45) is 27.9 Å². The molecule has 0 radical (unpaired) electrons. The van der Waals surface area contributed by atoms with Crippen LogP contribution in [0.2, 0.25) is 0 Å². The summed E-state index contributed by atoms with van der Waals surface area (Å²) in [7, 11) is 0. The third-order valence-electron chi connectivity index (χ3n) is 4.34. The molecule has 36 heavy (non-hydrogen) atoms. The summed E-state index contributed by atoms with van der Waals surface area (Å²) in [5.74, 6) is -9.27. The molecule has 14 N–H and O–H groups in total. The average Bonchev–Trinajstić information content (AvgIpc) is 2.73. The quantitative estimate of drug-likeness (QED) is 0.0489. The molecule has 0 bridgehead atoms. The second-order valence-corrected chi connectivity index (χ2v) is 7.44. The van der Waals surface area contributed by atoms with Crippen molar-refractivity contribution >= 4 is 47.5 Å². The van der Waals surface area contributed by atoms with Gasteiger partial charge >= 0.3 is 17.9 Å². The number of amides is 4. The van der Waals surface area contributed by atoms with E-state index in [1.165, 1.54) is 0 Å². The normalized spacial score (nSPS) is 13.7. The lowest BCUT2D eigenvalue weighted by atomic mass is 10.1. The van der Waals surface area contributed by atoms with Gasteiger partial charge in [-0.2, -0.15) is 0 Å². The van der Waals surface area contributed by atoms with E-state index < -0.39 is 85.0 Å². The standard InChI is InChI=1S/C18H30N8O10/c19-7(4-11(20)27)14(32)24-8(2-1-3-23-18(21)22)15(33)25-9(5-12(28)29)16(34)26-10(17(35)36)6-13(30)31/h7-10H,1-6,19H2,(H2,20,27)(H,24,32)(H,25,33)(H,26,34)(H,28,29)(H,30,31)(H,35,36)(H4,21,22,23). The summed E-state index contributed by atoms with van der Waals surface area (Å²) in [5, 5.41) is 33.1. The summed E-state index contributed by atoms with van der Waals surface area (Å²) in [5.41, 5.74) is 21.0. The number of rotatable bonds is 17. The number of aliphatic imine (C=N–C) groups is 1. The van der Waals surface area contributed by atoms with Crippen molar-refractivity contribution in [2.45, 2.75) is 56.3 Å². The summed E-state index contributed by atoms with van der Waals surface area (Å²) < 4.78 is 0. The predicted molar refractivity (Wildman–Crippen MR) is 120 cm³/mol. The second kappa shape index (κ2) is 15.4. The molecule has 0 aromatic rings. The van der Waals surface area contributed by atoms with Gasteiger partial charge in [-0.1, -0.05) is 0 Å². The summed E-state index contributed by atoms with van der Waals surface area (Å²) in [4.78, 5) is 85.5. The van der Waals surface area contributed by atoms with Crippen molar-refractivity contribution in [3.8, 4) is 0 Å². The molecule has 0 aliphatic carbocycles. The monoisotopic (exact) mass is 518 g/mol. The Morgan fingerprint density at radius 3 is 1.64 bits per heavy atom. The first kappa shape index (κ1) is 31.5. The van der Waals surface area contributed by atoms with Crippen molar-refractivity contribution < 1.29 is 48.9 Å². The molecular weight excluding hydrogens is 488 g/mol. The number of hydrogen-bond acceptors (Lipinski definition) is 9. The number of nitrogens with two attached hydrogens (primary N) is 4. The van der Waals surface area contributed by atoms with Crippen molar-refractivity contribution in [2.75, 3.05) is 6.54 Å². The third-order valence-corrected chi connectivity index (χ3v) is 4.34. The van der Waals surface area contributed by atoms with E-state index in [1.807, 2.05) is 5.32 Å². The molecule has 4 atom stereocenters. The van der Waals surface area contributed by atoms with E-state index in [0.717, 1.165) is 0 Å². The number of carbonyl (C=O) groups is 7. The highest BCUT2D eigenvalue weighted by Gasteiger charge is 2.32. The molecule has 0 spiro atoms. The second-order valence-electron chi connectivity index (χ2n) is 7.44. The smallest absolute Gasteiger partial charge is 0.326 e. The van der Waals surface area contributed by atoms with Crippen molar-refractivity contribution in [1.29, 1.82) is 0 Å². The zero-order valence-corrected chi connectivity index (χ0v) is 19.0. The number of nitrogens with one attached hydrogen (secondary N) is 3. The predicted octanol–water partition coefficient (Wildman–Crippen LogP) is -5.27. The van der Waals surface area contributed by atoms with E-state index in [1.54, 1.807) is 0 Å². The number of carboxylic acids is 3. The van der Waals surface area contributed by atoms with Crippen LogP contribution >= 0.6 is 0 Å². The zero-order chi connectivity index (χ0) is 28.0. The van der Waals surface area contributed by atoms with E-state index in [9.17, 15) is 33.6 Å². The van der Waals surface area contributed by atoms with Crippen LogP contribution in [0.3, 0.4) is 0 Å². The minimum atomic E-state index is -1.91. The van der Waals surface area contributed by atoms with Crippen LogP contribution in [-0.2, 0) is 33.6 Å². The van der Waals surface area contributed by atoms with Crippen molar-refractivity contribution in [3.05, 3.63) is 0 Å². The number of guanidine groups is 1. The lowest BCUT2D eigenvalue weighted by Crippen LogP contribution is -2.57. The highest BCUT2D eigenvalue weighted by molar-refractivity contribution is 5.96. The van der Waals surface area contributed by atoms with E-state index in [4.69, 9.17) is 38.3 Å². The maximum Gasteiger partial charge on any atom is 0.326 e. The summed E-state index contributed by atoms with van der Waals surface area (Å²) in [6.07, 6.45) is -2.58. The highest BCUT2D eigenvalue weighted by atomic mass is 16.4. The summed E-state index contributed by atoms with van der Waals surface area (Å²) in [6.45, 7) is 0.0316. The minimum absolute atomic E-state index is 0.0316. The minimum Gasteiger partial charge on any atom is -0.481 e. The lowest BCUT2D eigenvalue weighted by Gasteiger charge is -2.24. The first-order chi connectivity index (χ1) is 16.6. The first-order valence-corrected chi connectivity index (χ1v) is 10.3. The Morgan fingerprint density at radius 1 is 0.694 bits per heavy atom. The van der Waals surface area contributed by atoms with Crippen LogP contribution in [0.5, 0.6) is 0 Å². The van der Waals surface area contributed by atoms with Crippen LogP contribution in [0, 0.1) is 0 Å². The average molecular weight is 518 g/mol. The summed E-state index contributed by atoms with van der Waals surface area (Å²) >= 11 is 0. The molecule has 0 fully saturated rings. The third kappa shape index (κ3) is 13.3. The Morgan fingerprint density at radius 2 is 1.17 bits per heavy atom. The van der Waals surface area contributed by atoms with E-state index in [0.29, 0.717) is 0 Å². The largest absolute Gasteiger partial charge is 0.481 e. The van der Waals surface area contributed by atoms with Gasteiger partial charge in [0.05, 0.1) is 25.3 Å². The molecule has 18 heteroatoms. The van der Waals surface area contributed by atoms with E-state index >= 15 is 0 Å². The van der Waals surface area contributed by atoms with Crippen LogP contribution < -0.4 is 38.9 Å². The van der Waals surface area contributed by atoms with E-state index in [2.05, 4.69) is 15.6 Å². The number of hydrogen-bond donors (Lipinski definition) is 10. The highest BCUT2D eigenvalue weighted by Crippen LogP contribution is 2.04. The zero-order valence-electron chi connectivity index (χ0n) is 19.0. The Labute approximate surface area is 203 Å². The summed E-state index contributed by atoms with van der Waals surface area (Å²) in [6, 6.07) is -6.59. The Hall–Kier alpha value is -4.48. The van der Waals surface area contributed by atoms with E-state index in [-0.39, 0.29) is 25.3 Å². The fourth-order valence-electron chi connectivity index (χ4n) is 2.66. The molecule has 0 aliphatic heterocycles. The topological polar surface area (TPSA) is 333 Å². The fraction of sp³-hybridized carbons (Fsp3) is 0.556. The van der Waals surface area contributed by atoms with Gasteiger partial charge in [-0.25, -0.2) is 4.79 Å². The van der Waals surface area contributed by atoms with Crippen LogP contribution in [-0.4, -0.2) is 93.5 Å². The lowest BCUT2D eigenvalue weighted by molar-refractivity contribution is -0.148. The van der Waals surface area contributed by atoms with Gasteiger partial charge in [0.2, 0.25) is 23.6 Å². The first-order valence-electron chi connectivity index (χ1n) is 10.3. The molecule has 4 unspecified atom stereocenters. The van der Waals surface area contributed by atoms with Crippen LogP contribution in [0.25, 0.3) is 0 Å². The Bertz CT molecular complexity index is 889.